The normalized spacial score (nSPS) is 11.1. The van der Waals surface area contributed by atoms with Crippen LogP contribution in [0.2, 0.25) is 0 Å². The third-order valence-electron chi connectivity index (χ3n) is 6.53. The van der Waals surface area contributed by atoms with Gasteiger partial charge in [-0.15, -0.1) is 0 Å². The first kappa shape index (κ1) is 24.8. The van der Waals surface area contributed by atoms with Crippen LogP contribution < -0.4 is 25.4 Å². The molecule has 5 aromatic rings. The lowest BCUT2D eigenvalue weighted by Gasteiger charge is -2.28. The van der Waals surface area contributed by atoms with Crippen LogP contribution in [0.1, 0.15) is 12.0 Å². The van der Waals surface area contributed by atoms with E-state index in [2.05, 4.69) is 115 Å². The van der Waals surface area contributed by atoms with Crippen molar-refractivity contribution in [1.29, 1.82) is 0 Å². The Morgan fingerprint density at radius 3 is 1.41 bits per heavy atom. The summed E-state index contributed by atoms with van der Waals surface area (Å²) in [5.41, 5.74) is 1.23. The molecule has 0 atom stereocenters. The third kappa shape index (κ3) is 5.93. The van der Waals surface area contributed by atoms with Gasteiger partial charge in [-0.05, 0) is 54.6 Å². The molecule has 5 aromatic carbocycles. The van der Waals surface area contributed by atoms with E-state index in [0.29, 0.717) is 13.2 Å². The molecule has 0 aromatic heterocycles. The lowest BCUT2D eigenvalue weighted by molar-refractivity contribution is 0.246. The quantitative estimate of drug-likeness (QED) is 0.142. The molecular weight excluding hydrogens is 471 g/mol. The molecular formula is C34H32O2P+. The summed E-state index contributed by atoms with van der Waals surface area (Å²) < 4.78 is 12.2. The fraction of sp³-hybridized carbons (Fsp3) is 0.118. The number of ether oxygens (including phenoxy) is 2. The molecule has 184 valence electrons. The van der Waals surface area contributed by atoms with E-state index < -0.39 is 7.26 Å². The van der Waals surface area contributed by atoms with E-state index in [4.69, 9.17) is 9.47 Å². The minimum Gasteiger partial charge on any atom is -0.493 e. The Morgan fingerprint density at radius 2 is 0.865 bits per heavy atom. The average Bonchev–Trinajstić information content (AvgIpc) is 2.98. The van der Waals surface area contributed by atoms with Crippen molar-refractivity contribution < 1.29 is 9.47 Å². The van der Waals surface area contributed by atoms with Gasteiger partial charge in [-0.2, -0.15) is 0 Å². The fourth-order valence-corrected chi connectivity index (χ4v) is 9.00. The molecule has 0 bridgehead atoms. The molecule has 0 fully saturated rings. The third-order valence-corrected chi connectivity index (χ3v) is 10.9. The highest BCUT2D eigenvalue weighted by molar-refractivity contribution is 7.95. The van der Waals surface area contributed by atoms with Crippen molar-refractivity contribution in [2.75, 3.05) is 13.2 Å². The maximum atomic E-state index is 6.37. The van der Waals surface area contributed by atoms with Crippen LogP contribution in [-0.2, 0) is 6.16 Å². The Kier molecular flexibility index (Phi) is 8.31. The van der Waals surface area contributed by atoms with Gasteiger partial charge >= 0.3 is 0 Å². The highest BCUT2D eigenvalue weighted by atomic mass is 31.2. The van der Waals surface area contributed by atoms with Crippen LogP contribution in [0, 0.1) is 0 Å². The molecule has 0 saturated heterocycles. The Hall–Kier alpha value is -3.87. The second kappa shape index (κ2) is 12.4. The van der Waals surface area contributed by atoms with Crippen LogP contribution >= 0.6 is 7.26 Å². The van der Waals surface area contributed by atoms with Crippen molar-refractivity contribution in [3.8, 4) is 11.5 Å². The topological polar surface area (TPSA) is 18.5 Å². The first-order valence-corrected chi connectivity index (χ1v) is 14.8. The summed E-state index contributed by atoms with van der Waals surface area (Å²) in [6.07, 6.45) is 1.71. The van der Waals surface area contributed by atoms with Gasteiger partial charge in [-0.1, -0.05) is 91.0 Å². The minimum atomic E-state index is -1.99. The minimum absolute atomic E-state index is 0.608. The van der Waals surface area contributed by atoms with Gasteiger partial charge in [-0.3, -0.25) is 0 Å². The van der Waals surface area contributed by atoms with Crippen LogP contribution in [0.5, 0.6) is 11.5 Å². The number of hydrogen-bond donors (Lipinski definition) is 0. The molecule has 3 heteroatoms. The van der Waals surface area contributed by atoms with Crippen molar-refractivity contribution in [2.24, 2.45) is 0 Å². The molecule has 0 saturated carbocycles. The highest BCUT2D eigenvalue weighted by Gasteiger charge is 2.45. The molecule has 0 aliphatic heterocycles. The van der Waals surface area contributed by atoms with Gasteiger partial charge < -0.3 is 9.47 Å². The van der Waals surface area contributed by atoms with Gasteiger partial charge in [-0.25, -0.2) is 0 Å². The zero-order valence-electron chi connectivity index (χ0n) is 20.9. The Bertz CT molecular complexity index is 1260. The Balaban J connectivity index is 1.44. The number of hydrogen-bond acceptors (Lipinski definition) is 2. The lowest BCUT2D eigenvalue weighted by Crippen LogP contribution is -2.32. The lowest BCUT2D eigenvalue weighted by atomic mass is 10.2. The van der Waals surface area contributed by atoms with Gasteiger partial charge in [0, 0.05) is 12.0 Å². The summed E-state index contributed by atoms with van der Waals surface area (Å²) >= 11 is 0. The van der Waals surface area contributed by atoms with E-state index in [9.17, 15) is 0 Å². The van der Waals surface area contributed by atoms with Crippen molar-refractivity contribution in [2.45, 2.75) is 12.6 Å². The number of benzene rings is 5. The molecule has 0 amide bonds. The molecule has 0 unspecified atom stereocenters. The number of para-hydroxylation sites is 2. The smallest absolute Gasteiger partial charge is 0.126 e. The summed E-state index contributed by atoms with van der Waals surface area (Å²) in [6, 6.07) is 51.4. The Labute approximate surface area is 220 Å². The van der Waals surface area contributed by atoms with E-state index >= 15 is 0 Å². The predicted octanol–water partition coefficient (Wildman–Crippen LogP) is 7.03. The van der Waals surface area contributed by atoms with E-state index in [-0.39, 0.29) is 0 Å². The SMILES string of the molecule is c1ccc(OCCCOc2ccccc2C[P+](c2ccccc2)(c2ccccc2)c2ccccc2)cc1. The number of rotatable bonds is 11. The second-order valence-corrected chi connectivity index (χ2v) is 12.4. The van der Waals surface area contributed by atoms with E-state index in [1.54, 1.807) is 0 Å². The van der Waals surface area contributed by atoms with Crippen LogP contribution in [0.4, 0.5) is 0 Å². The van der Waals surface area contributed by atoms with Crippen molar-refractivity contribution in [3.05, 3.63) is 151 Å². The molecule has 0 aliphatic rings. The standard InChI is InChI=1S/C34H32O2P/c1-5-17-30(18-6-1)35-26-15-27-36-34-25-14-13-16-29(34)28-37(31-19-7-2-8-20-31,32-21-9-3-10-22-32)33-23-11-4-12-24-33/h1-14,16-25H,15,26-28H2/q+1. The summed E-state index contributed by atoms with van der Waals surface area (Å²) in [6.45, 7) is 1.23. The van der Waals surface area contributed by atoms with Gasteiger partial charge in [0.05, 0.1) is 13.2 Å². The van der Waals surface area contributed by atoms with E-state index in [1.807, 2.05) is 30.3 Å². The molecule has 0 aliphatic carbocycles. The average molecular weight is 504 g/mol. The van der Waals surface area contributed by atoms with Crippen LogP contribution in [-0.4, -0.2) is 13.2 Å². The Morgan fingerprint density at radius 1 is 0.432 bits per heavy atom. The van der Waals surface area contributed by atoms with Crippen molar-refractivity contribution in [1.82, 2.24) is 0 Å². The van der Waals surface area contributed by atoms with Gasteiger partial charge in [0.1, 0.15) is 40.8 Å². The monoisotopic (exact) mass is 503 g/mol. The van der Waals surface area contributed by atoms with Crippen LogP contribution in [0.15, 0.2) is 146 Å². The van der Waals surface area contributed by atoms with Crippen LogP contribution in [0.3, 0.4) is 0 Å². The zero-order valence-corrected chi connectivity index (χ0v) is 21.8. The predicted molar refractivity (Wildman–Crippen MR) is 157 cm³/mol. The maximum Gasteiger partial charge on any atom is 0.126 e. The van der Waals surface area contributed by atoms with Crippen molar-refractivity contribution in [3.63, 3.8) is 0 Å². The summed E-state index contributed by atoms with van der Waals surface area (Å²) in [5, 5.41) is 4.12. The molecule has 0 spiro atoms. The highest BCUT2D eigenvalue weighted by Crippen LogP contribution is 2.58. The van der Waals surface area contributed by atoms with Crippen molar-refractivity contribution >= 4 is 23.2 Å². The first-order valence-electron chi connectivity index (χ1n) is 12.8. The molecule has 5 rings (SSSR count). The first-order chi connectivity index (χ1) is 18.4. The molecule has 0 N–H and O–H groups in total. The summed E-state index contributed by atoms with van der Waals surface area (Å²) in [7, 11) is -1.99. The molecule has 37 heavy (non-hydrogen) atoms. The van der Waals surface area contributed by atoms with E-state index in [0.717, 1.165) is 24.1 Å². The summed E-state index contributed by atoms with van der Waals surface area (Å²) in [4.78, 5) is 0. The second-order valence-electron chi connectivity index (χ2n) is 8.95. The molecule has 0 heterocycles. The van der Waals surface area contributed by atoms with Gasteiger partial charge in [0.15, 0.2) is 0 Å². The maximum absolute atomic E-state index is 6.37. The zero-order chi connectivity index (χ0) is 25.2. The molecule has 2 nitrogen and oxygen atoms in total. The summed E-state index contributed by atoms with van der Waals surface area (Å²) in [5.74, 6) is 1.85. The van der Waals surface area contributed by atoms with Gasteiger partial charge in [0.25, 0.3) is 0 Å². The molecule has 0 radical (unpaired) electrons. The fourth-order valence-electron chi connectivity index (χ4n) is 4.75. The largest absolute Gasteiger partial charge is 0.493 e. The van der Waals surface area contributed by atoms with Crippen LogP contribution in [0.25, 0.3) is 0 Å². The van der Waals surface area contributed by atoms with Gasteiger partial charge in [0.2, 0.25) is 0 Å². The van der Waals surface area contributed by atoms with E-state index in [1.165, 1.54) is 21.5 Å².